The minimum atomic E-state index is 0.225. The molecule has 110 valence electrons. The van der Waals surface area contributed by atoms with Crippen molar-refractivity contribution >= 4 is 0 Å². The summed E-state index contributed by atoms with van der Waals surface area (Å²) >= 11 is 0. The van der Waals surface area contributed by atoms with Crippen molar-refractivity contribution in [2.75, 3.05) is 53.4 Å². The van der Waals surface area contributed by atoms with Crippen LogP contribution < -0.4 is 0 Å². The SMILES string of the molecule is COCCOCCOCCOCC(C)(C)C(C)C. The Labute approximate surface area is 112 Å². The summed E-state index contributed by atoms with van der Waals surface area (Å²) in [5, 5.41) is 0. The van der Waals surface area contributed by atoms with Gasteiger partial charge in [0.15, 0.2) is 0 Å². The van der Waals surface area contributed by atoms with E-state index in [0.29, 0.717) is 45.6 Å². The van der Waals surface area contributed by atoms with E-state index in [4.69, 9.17) is 18.9 Å². The largest absolute Gasteiger partial charge is 0.382 e. The molecule has 4 heteroatoms. The van der Waals surface area contributed by atoms with Crippen LogP contribution >= 0.6 is 0 Å². The Bertz CT molecular complexity index is 181. The van der Waals surface area contributed by atoms with E-state index in [9.17, 15) is 0 Å². The van der Waals surface area contributed by atoms with Crippen molar-refractivity contribution in [2.24, 2.45) is 11.3 Å². The van der Waals surface area contributed by atoms with Crippen LogP contribution in [0.3, 0.4) is 0 Å². The van der Waals surface area contributed by atoms with Crippen LogP contribution in [0.5, 0.6) is 0 Å². The zero-order valence-corrected chi connectivity index (χ0v) is 12.7. The quantitative estimate of drug-likeness (QED) is 0.506. The van der Waals surface area contributed by atoms with E-state index < -0.39 is 0 Å². The second-order valence-electron chi connectivity index (χ2n) is 5.41. The normalized spacial score (nSPS) is 12.3. The van der Waals surface area contributed by atoms with Crippen LogP contribution in [-0.2, 0) is 18.9 Å². The lowest BCUT2D eigenvalue weighted by atomic mass is 9.82. The molecule has 0 aliphatic heterocycles. The van der Waals surface area contributed by atoms with Gasteiger partial charge < -0.3 is 18.9 Å². The lowest BCUT2D eigenvalue weighted by Crippen LogP contribution is -2.26. The first kappa shape index (κ1) is 17.8. The summed E-state index contributed by atoms with van der Waals surface area (Å²) in [5.74, 6) is 0.618. The third kappa shape index (κ3) is 9.83. The molecular weight excluding hydrogens is 232 g/mol. The van der Waals surface area contributed by atoms with Crippen LogP contribution in [-0.4, -0.2) is 53.4 Å². The Morgan fingerprint density at radius 2 is 1.22 bits per heavy atom. The van der Waals surface area contributed by atoms with Gasteiger partial charge in [0.25, 0.3) is 0 Å². The summed E-state index contributed by atoms with van der Waals surface area (Å²) in [4.78, 5) is 0. The Morgan fingerprint density at radius 3 is 1.67 bits per heavy atom. The third-order valence-electron chi connectivity index (χ3n) is 3.21. The molecule has 0 aromatic heterocycles. The van der Waals surface area contributed by atoms with Crippen molar-refractivity contribution in [1.29, 1.82) is 0 Å². The van der Waals surface area contributed by atoms with Crippen LogP contribution in [0.15, 0.2) is 0 Å². The molecule has 0 N–H and O–H groups in total. The summed E-state index contributed by atoms with van der Waals surface area (Å²) in [5.41, 5.74) is 0.225. The molecule has 0 amide bonds. The van der Waals surface area contributed by atoms with Crippen molar-refractivity contribution in [3.05, 3.63) is 0 Å². The average Bonchev–Trinajstić information content (AvgIpc) is 2.31. The van der Waals surface area contributed by atoms with Gasteiger partial charge in [0.1, 0.15) is 0 Å². The topological polar surface area (TPSA) is 36.9 Å². The van der Waals surface area contributed by atoms with Crippen LogP contribution in [0.1, 0.15) is 27.7 Å². The molecule has 0 saturated carbocycles. The number of ether oxygens (including phenoxy) is 4. The highest BCUT2D eigenvalue weighted by atomic mass is 16.6. The van der Waals surface area contributed by atoms with Gasteiger partial charge in [0.05, 0.1) is 46.2 Å². The summed E-state index contributed by atoms with van der Waals surface area (Å²) in [6, 6.07) is 0. The zero-order valence-electron chi connectivity index (χ0n) is 12.7. The van der Waals surface area contributed by atoms with Crippen LogP contribution in [0, 0.1) is 11.3 Å². The number of hydrogen-bond donors (Lipinski definition) is 0. The Morgan fingerprint density at radius 1 is 0.778 bits per heavy atom. The van der Waals surface area contributed by atoms with Gasteiger partial charge in [0, 0.05) is 7.11 Å². The maximum absolute atomic E-state index is 5.62. The molecule has 0 aromatic carbocycles. The van der Waals surface area contributed by atoms with Crippen LogP contribution in [0.4, 0.5) is 0 Å². The second-order valence-corrected chi connectivity index (χ2v) is 5.41. The number of hydrogen-bond acceptors (Lipinski definition) is 4. The average molecular weight is 262 g/mol. The molecule has 0 aliphatic rings. The van der Waals surface area contributed by atoms with E-state index in [2.05, 4.69) is 27.7 Å². The Hall–Kier alpha value is -0.160. The molecule has 0 aliphatic carbocycles. The summed E-state index contributed by atoms with van der Waals surface area (Å²) < 4.78 is 21.2. The molecule has 18 heavy (non-hydrogen) atoms. The molecule has 0 saturated heterocycles. The molecule has 0 radical (unpaired) electrons. The molecule has 0 unspecified atom stereocenters. The van der Waals surface area contributed by atoms with Gasteiger partial charge in [-0.1, -0.05) is 27.7 Å². The fraction of sp³-hybridized carbons (Fsp3) is 1.00. The standard InChI is InChI=1S/C14H30O4/c1-13(2)14(3,4)12-18-11-10-17-9-8-16-7-6-15-5/h13H,6-12H2,1-5H3. The molecule has 0 atom stereocenters. The monoisotopic (exact) mass is 262 g/mol. The summed E-state index contributed by atoms with van der Waals surface area (Å²) in [7, 11) is 1.66. The van der Waals surface area contributed by atoms with E-state index in [1.807, 2.05) is 0 Å². The predicted molar refractivity (Wildman–Crippen MR) is 73.0 cm³/mol. The minimum Gasteiger partial charge on any atom is -0.382 e. The van der Waals surface area contributed by atoms with Gasteiger partial charge in [-0.3, -0.25) is 0 Å². The van der Waals surface area contributed by atoms with Crippen molar-refractivity contribution in [1.82, 2.24) is 0 Å². The van der Waals surface area contributed by atoms with Gasteiger partial charge in [-0.15, -0.1) is 0 Å². The molecule has 0 bridgehead atoms. The highest BCUT2D eigenvalue weighted by Crippen LogP contribution is 2.25. The first-order chi connectivity index (χ1) is 8.50. The highest BCUT2D eigenvalue weighted by Gasteiger charge is 2.22. The molecule has 0 heterocycles. The first-order valence-corrected chi connectivity index (χ1v) is 6.73. The summed E-state index contributed by atoms with van der Waals surface area (Å²) in [6.07, 6.45) is 0. The van der Waals surface area contributed by atoms with E-state index in [1.165, 1.54) is 0 Å². The van der Waals surface area contributed by atoms with Crippen molar-refractivity contribution in [2.45, 2.75) is 27.7 Å². The molecule has 0 spiro atoms. The zero-order chi connectivity index (χ0) is 13.9. The van der Waals surface area contributed by atoms with Crippen molar-refractivity contribution in [3.63, 3.8) is 0 Å². The van der Waals surface area contributed by atoms with Crippen molar-refractivity contribution < 1.29 is 18.9 Å². The first-order valence-electron chi connectivity index (χ1n) is 6.73. The summed E-state index contributed by atoms with van der Waals surface area (Å²) in [6.45, 7) is 13.4. The fourth-order valence-corrected chi connectivity index (χ4v) is 1.08. The van der Waals surface area contributed by atoms with Crippen molar-refractivity contribution in [3.8, 4) is 0 Å². The Balaban J connectivity index is 3.21. The van der Waals surface area contributed by atoms with E-state index in [0.717, 1.165) is 6.61 Å². The van der Waals surface area contributed by atoms with E-state index >= 15 is 0 Å². The van der Waals surface area contributed by atoms with E-state index in [-0.39, 0.29) is 5.41 Å². The van der Waals surface area contributed by atoms with Crippen LogP contribution in [0.25, 0.3) is 0 Å². The van der Waals surface area contributed by atoms with Gasteiger partial charge >= 0.3 is 0 Å². The molecule has 4 nitrogen and oxygen atoms in total. The lowest BCUT2D eigenvalue weighted by Gasteiger charge is -2.28. The molecule has 0 fully saturated rings. The fourth-order valence-electron chi connectivity index (χ4n) is 1.08. The number of rotatable bonds is 12. The van der Waals surface area contributed by atoms with Gasteiger partial charge in [-0.05, 0) is 11.3 Å². The molecule has 0 rings (SSSR count). The lowest BCUT2D eigenvalue weighted by molar-refractivity contribution is -0.0166. The van der Waals surface area contributed by atoms with Gasteiger partial charge in [-0.25, -0.2) is 0 Å². The minimum absolute atomic E-state index is 0.225. The highest BCUT2D eigenvalue weighted by molar-refractivity contribution is 4.71. The predicted octanol–water partition coefficient (Wildman–Crippen LogP) is 2.36. The third-order valence-corrected chi connectivity index (χ3v) is 3.21. The van der Waals surface area contributed by atoms with E-state index in [1.54, 1.807) is 7.11 Å². The smallest absolute Gasteiger partial charge is 0.0701 e. The maximum atomic E-state index is 5.62. The molecule has 0 aromatic rings. The number of methoxy groups -OCH3 is 1. The second kappa shape index (κ2) is 10.7. The van der Waals surface area contributed by atoms with Crippen LogP contribution in [0.2, 0.25) is 0 Å². The van der Waals surface area contributed by atoms with Gasteiger partial charge in [0.2, 0.25) is 0 Å². The van der Waals surface area contributed by atoms with Gasteiger partial charge in [-0.2, -0.15) is 0 Å². The molecular formula is C14H30O4. The Kier molecular flexibility index (Phi) is 10.6. The maximum Gasteiger partial charge on any atom is 0.0701 e.